The van der Waals surface area contributed by atoms with Crippen LogP contribution in [-0.4, -0.2) is 125 Å². The quantitative estimate of drug-likeness (QED) is 0.0178. The number of imidazole rings is 1. The molecule has 19 nitrogen and oxygen atoms in total. The number of carboxylic acid groups (broad SMARTS) is 2. The van der Waals surface area contributed by atoms with Crippen molar-refractivity contribution in [2.75, 3.05) is 45.4 Å². The third-order valence-electron chi connectivity index (χ3n) is 13.4. The fraction of sp³-hybridized carbons (Fsp3) is 0.700. The molecule has 5 saturated heterocycles. The summed E-state index contributed by atoms with van der Waals surface area (Å²) >= 11 is 0. The molecule has 418 valence electrons. The van der Waals surface area contributed by atoms with Gasteiger partial charge in [-0.2, -0.15) is 0 Å². The van der Waals surface area contributed by atoms with Gasteiger partial charge in [0.25, 0.3) is 0 Å². The maximum absolute atomic E-state index is 11.4. The van der Waals surface area contributed by atoms with Crippen molar-refractivity contribution in [1.29, 1.82) is 0 Å². The first kappa shape index (κ1) is 70.4. The molecular formula is C50H79ClN6NaO13S4+. The molecule has 7 aliphatic heterocycles. The van der Waals surface area contributed by atoms with Crippen LogP contribution >= 0.6 is 43.2 Å². The first-order valence-corrected chi connectivity index (χ1v) is 30.2. The molecule has 0 spiro atoms. The maximum atomic E-state index is 11.4. The van der Waals surface area contributed by atoms with Crippen LogP contribution in [0.1, 0.15) is 123 Å². The van der Waals surface area contributed by atoms with Crippen LogP contribution < -0.4 is 56.9 Å². The van der Waals surface area contributed by atoms with Gasteiger partial charge in [-0.25, -0.2) is 20.2 Å². The third kappa shape index (κ3) is 26.8. The van der Waals surface area contributed by atoms with Crippen molar-refractivity contribution < 1.29 is 115 Å². The Morgan fingerprint density at radius 3 is 1.48 bits per heavy atom. The first-order valence-electron chi connectivity index (χ1n) is 25.4. The average molecular weight is 1160 g/mol. The molecule has 75 heavy (non-hydrogen) atoms. The number of allylic oxidation sites excluding steroid dienone is 2. The van der Waals surface area contributed by atoms with E-state index in [1.54, 1.807) is 6.33 Å². The van der Waals surface area contributed by atoms with Crippen molar-refractivity contribution in [3.63, 3.8) is 0 Å². The predicted octanol–water partition coefficient (Wildman–Crippen LogP) is -1.01. The molecule has 8 rings (SSSR count). The van der Waals surface area contributed by atoms with Gasteiger partial charge in [0.15, 0.2) is 12.7 Å². The number of unbranched alkanes of at least 4 members (excludes halogenated alkanes) is 2. The van der Waals surface area contributed by atoms with Gasteiger partial charge in [0.1, 0.15) is 11.4 Å². The van der Waals surface area contributed by atoms with Crippen LogP contribution in [0.5, 0.6) is 0 Å². The van der Waals surface area contributed by atoms with E-state index in [4.69, 9.17) is 29.4 Å². The van der Waals surface area contributed by atoms with Gasteiger partial charge in [-0.05, 0) is 70.6 Å². The number of aliphatic imine (C=N–C) groups is 2. The number of aryl methyl sites for hydroxylation is 1. The Hall–Kier alpha value is -2.58. The van der Waals surface area contributed by atoms with Crippen molar-refractivity contribution >= 4 is 92.2 Å². The molecule has 0 saturated carbocycles. The molecule has 0 radical (unpaired) electrons. The summed E-state index contributed by atoms with van der Waals surface area (Å²) < 4.78 is 17.3. The number of cyclic esters (lactones) is 3. The number of rotatable bonds is 20. The number of aliphatic carboxylic acids is 2. The van der Waals surface area contributed by atoms with E-state index in [0.29, 0.717) is 44.0 Å². The Labute approximate surface area is 487 Å². The van der Waals surface area contributed by atoms with Crippen LogP contribution in [0.25, 0.3) is 0 Å². The number of carbonyl (C=O) groups is 6. The van der Waals surface area contributed by atoms with E-state index in [0.717, 1.165) is 80.4 Å². The Kier molecular flexibility index (Phi) is 38.1. The smallest absolute Gasteiger partial charge is 1.00 e. The van der Waals surface area contributed by atoms with Gasteiger partial charge in [-0.3, -0.25) is 33.8 Å². The number of halogens is 1. The molecule has 10 atom stereocenters. The largest absolute Gasteiger partial charge is 1.00 e. The predicted molar refractivity (Wildman–Crippen MR) is 284 cm³/mol. The fourth-order valence-corrected chi connectivity index (χ4v) is 15.1. The standard InChI is InChI=1S/3C11H16N2O2.2C8H14O2S2.CH2O3.ClH.Na/c3*1-3-10-8(6-15-11(10)14)4-9-5-12-7-13(9)2;2*9-8(10)4-2-1-3-7-5-6-11-12-7;2-1-4-3;;/h3*5,7-8,10H,3-4,6H2,1-2H3;2*7H,1-6H2,(H,9,10);1,3H;1H;/q;;;;;;;+1/t3*8?,10-;2*7-;;;/m00011.../s1. The summed E-state index contributed by atoms with van der Waals surface area (Å²) in [6.07, 6.45) is 25.7. The molecular weight excluding hydrogens is 1080 g/mol. The molecule has 0 aliphatic carbocycles. The molecule has 25 heteroatoms. The summed E-state index contributed by atoms with van der Waals surface area (Å²) in [6, 6.07) is 0. The number of esters is 3. The molecule has 0 amide bonds. The zero-order valence-corrected chi connectivity index (χ0v) is 50.7. The minimum absolute atomic E-state index is 0. The van der Waals surface area contributed by atoms with Crippen molar-refractivity contribution in [3.05, 3.63) is 42.0 Å². The monoisotopic (exact) mass is 1160 g/mol. The van der Waals surface area contributed by atoms with Gasteiger partial charge in [-0.15, -0.1) is 0 Å². The van der Waals surface area contributed by atoms with Crippen LogP contribution in [0.3, 0.4) is 0 Å². The number of nitrogens with zero attached hydrogens (tertiary/aromatic N) is 4. The number of hydrogen-bond acceptors (Lipinski definition) is 19. The first-order chi connectivity index (χ1) is 35.1. The van der Waals surface area contributed by atoms with Crippen molar-refractivity contribution in [2.24, 2.45) is 52.5 Å². The van der Waals surface area contributed by atoms with Gasteiger partial charge in [0, 0.05) is 83.9 Å². The Bertz CT molecular complexity index is 1890. The topological polar surface area (TPSA) is 254 Å². The number of aromatic nitrogens is 2. The van der Waals surface area contributed by atoms with Gasteiger partial charge in [0.05, 0.1) is 70.4 Å². The molecule has 5 unspecified atom stereocenters. The second-order valence-corrected chi connectivity index (χ2v) is 24.2. The van der Waals surface area contributed by atoms with Crippen molar-refractivity contribution in [2.45, 2.75) is 134 Å². The van der Waals surface area contributed by atoms with E-state index in [1.165, 1.54) is 58.4 Å². The molecule has 1 aromatic rings. The van der Waals surface area contributed by atoms with Crippen LogP contribution in [-0.2, 0) is 61.3 Å². The van der Waals surface area contributed by atoms with Gasteiger partial charge >= 0.3 is 59.9 Å². The summed E-state index contributed by atoms with van der Waals surface area (Å²) in [5.74, 6) is 2.09. The van der Waals surface area contributed by atoms with Crippen LogP contribution in [0.2, 0.25) is 0 Å². The number of carboxylic acids is 2. The van der Waals surface area contributed by atoms with E-state index in [9.17, 15) is 29.1 Å². The summed E-state index contributed by atoms with van der Waals surface area (Å²) in [6.45, 7) is 7.75. The SMILES string of the molecule is CC[C@@H]1C(=O)OCC1CC1=CN=C[NH+]1C.CC[C@@H]1C(=O)OCC1CC1=CN=C[NH+]1C.CC[C@@H]1C(=O)OCC1Cc1cncn1C.O=C(O)CCCC[C@@H]1CCSS1.O=C([O-])CCCC[C@@H]1CCSS1.O=COO.[Cl-].[Na+]. The van der Waals surface area contributed by atoms with E-state index in [-0.39, 0.29) is 90.5 Å². The molecule has 0 aromatic carbocycles. The molecule has 4 N–H and O–H groups in total. The van der Waals surface area contributed by atoms with E-state index < -0.39 is 11.9 Å². The van der Waals surface area contributed by atoms with E-state index in [1.807, 2.05) is 107 Å². The molecule has 0 bridgehead atoms. The number of quaternary nitrogens is 2. The minimum atomic E-state index is -0.913. The van der Waals surface area contributed by atoms with E-state index >= 15 is 0 Å². The Morgan fingerprint density at radius 2 is 1.17 bits per heavy atom. The van der Waals surface area contributed by atoms with Crippen molar-refractivity contribution in [3.8, 4) is 0 Å². The van der Waals surface area contributed by atoms with Gasteiger partial charge in [-0.1, -0.05) is 76.8 Å². The average Bonchev–Trinajstić information content (AvgIpc) is 4.25. The van der Waals surface area contributed by atoms with E-state index in [2.05, 4.69) is 34.0 Å². The second kappa shape index (κ2) is 40.6. The number of hydrogen-bond donors (Lipinski definition) is 4. The molecule has 7 aliphatic rings. The molecule has 1 aromatic heterocycles. The minimum Gasteiger partial charge on any atom is -1.00 e. The van der Waals surface area contributed by atoms with Gasteiger partial charge < -0.3 is 51.1 Å². The zero-order valence-electron chi connectivity index (χ0n) is 44.7. The summed E-state index contributed by atoms with van der Waals surface area (Å²) in [4.78, 5) is 80.7. The normalized spacial score (nSPS) is 26.5. The molecule has 5 fully saturated rings. The van der Waals surface area contributed by atoms with Crippen LogP contribution in [0.15, 0.2) is 46.3 Å². The van der Waals surface area contributed by atoms with Crippen LogP contribution in [0.4, 0.5) is 0 Å². The van der Waals surface area contributed by atoms with Crippen LogP contribution in [0, 0.1) is 35.5 Å². The van der Waals surface area contributed by atoms with Crippen molar-refractivity contribution in [1.82, 2.24) is 9.55 Å². The third-order valence-corrected chi connectivity index (χ3v) is 19.5. The summed E-state index contributed by atoms with van der Waals surface area (Å²) in [7, 11) is 13.9. The number of carbonyl (C=O) groups excluding carboxylic acids is 5. The zero-order chi connectivity index (χ0) is 53.5. The summed E-state index contributed by atoms with van der Waals surface area (Å²) in [5, 5.41) is 27.0. The van der Waals surface area contributed by atoms with Gasteiger partial charge in [0.2, 0.25) is 0 Å². The Morgan fingerprint density at radius 1 is 0.760 bits per heavy atom. The summed E-state index contributed by atoms with van der Waals surface area (Å²) in [5.41, 5.74) is 3.66. The Balaban J connectivity index is 0.000000459. The number of ether oxygens (including phenoxy) is 3. The fourth-order valence-electron chi connectivity index (χ4n) is 9.03. The molecule has 8 heterocycles. The number of nitrogens with one attached hydrogen (secondary N) is 2. The second-order valence-electron chi connectivity index (χ2n) is 18.7. The maximum Gasteiger partial charge on any atom is 1.00 e.